The van der Waals surface area contributed by atoms with Crippen LogP contribution in [0.25, 0.3) is 0 Å². The molecule has 0 spiro atoms. The van der Waals surface area contributed by atoms with Gasteiger partial charge < -0.3 is 26.0 Å². The summed E-state index contributed by atoms with van der Waals surface area (Å²) in [4.78, 5) is 41.7. The van der Waals surface area contributed by atoms with Crippen molar-refractivity contribution < 1.29 is 23.5 Å². The molecule has 1 fully saturated rings. The predicted molar refractivity (Wildman–Crippen MR) is 117 cm³/mol. The van der Waals surface area contributed by atoms with Crippen LogP contribution in [-0.4, -0.2) is 67.1 Å². The van der Waals surface area contributed by atoms with E-state index in [-0.39, 0.29) is 31.7 Å². The van der Waals surface area contributed by atoms with E-state index in [1.54, 1.807) is 24.3 Å². The third kappa shape index (κ3) is 5.33. The number of hydrogen-bond donors (Lipinski definition) is 3. The van der Waals surface area contributed by atoms with Crippen LogP contribution in [0.5, 0.6) is 5.75 Å². The fourth-order valence-corrected chi connectivity index (χ4v) is 3.50. The lowest BCUT2D eigenvalue weighted by Crippen LogP contribution is -2.64. The zero-order valence-corrected chi connectivity index (χ0v) is 17.7. The van der Waals surface area contributed by atoms with Gasteiger partial charge in [-0.1, -0.05) is 12.1 Å². The molecule has 4 amide bonds. The third-order valence-corrected chi connectivity index (χ3v) is 4.98. The lowest BCUT2D eigenvalue weighted by atomic mass is 10.1. The lowest BCUT2D eigenvalue weighted by molar-refractivity contribution is -0.132. The van der Waals surface area contributed by atoms with Gasteiger partial charge in [0.25, 0.3) is 11.8 Å². The molecular weight excluding hydrogens is 417 g/mol. The zero-order valence-electron chi connectivity index (χ0n) is 17.7. The molecule has 170 valence electrons. The summed E-state index contributed by atoms with van der Waals surface area (Å²) in [6.07, 6.45) is -0.760. The van der Waals surface area contributed by atoms with Gasteiger partial charge in [-0.05, 0) is 36.8 Å². The van der Waals surface area contributed by atoms with E-state index in [1.807, 2.05) is 0 Å². The Hall–Kier alpha value is -3.66. The number of nitrogens with two attached hydrogens (primary N) is 1. The smallest absolute Gasteiger partial charge is 0.323 e. The van der Waals surface area contributed by atoms with Crippen molar-refractivity contribution in [3.63, 3.8) is 0 Å². The number of halogens is 1. The Kier molecular flexibility index (Phi) is 7.61. The average Bonchev–Trinajstić information content (AvgIpc) is 2.81. The van der Waals surface area contributed by atoms with Crippen LogP contribution in [0, 0.1) is 5.82 Å². The fraction of sp³-hybridized carbons (Fsp3) is 0.318. The first-order valence-electron chi connectivity index (χ1n) is 10.2. The highest BCUT2D eigenvalue weighted by Gasteiger charge is 2.40. The molecule has 1 saturated heterocycles. The van der Waals surface area contributed by atoms with Gasteiger partial charge in [0.2, 0.25) is 0 Å². The quantitative estimate of drug-likeness (QED) is 0.627. The van der Waals surface area contributed by atoms with E-state index in [0.717, 1.165) is 6.07 Å². The summed E-state index contributed by atoms with van der Waals surface area (Å²) in [5, 5.41) is 5.38. The van der Waals surface area contributed by atoms with Crippen LogP contribution >= 0.6 is 0 Å². The van der Waals surface area contributed by atoms with Gasteiger partial charge in [-0.25, -0.2) is 9.18 Å². The highest BCUT2D eigenvalue weighted by atomic mass is 19.1. The first kappa shape index (κ1) is 23.0. The molecule has 0 radical (unpaired) electrons. The second-order valence-corrected chi connectivity index (χ2v) is 7.17. The number of carbonyl (C=O) groups excluding carboxylic acids is 3. The van der Waals surface area contributed by atoms with Crippen molar-refractivity contribution in [2.24, 2.45) is 5.73 Å². The zero-order chi connectivity index (χ0) is 23.1. The Labute approximate surface area is 185 Å². The molecule has 3 rings (SSSR count). The Morgan fingerprint density at radius 3 is 2.59 bits per heavy atom. The maximum atomic E-state index is 13.7. The highest BCUT2D eigenvalue weighted by Crippen LogP contribution is 2.22. The molecule has 2 aromatic carbocycles. The number of urea groups is 1. The molecule has 0 saturated carbocycles. The summed E-state index contributed by atoms with van der Waals surface area (Å²) in [7, 11) is 1.51. The number of ether oxygens (including phenoxy) is 1. The van der Waals surface area contributed by atoms with E-state index in [0.29, 0.717) is 17.9 Å². The van der Waals surface area contributed by atoms with Crippen LogP contribution in [0.15, 0.2) is 48.5 Å². The van der Waals surface area contributed by atoms with Gasteiger partial charge in [0, 0.05) is 43.5 Å². The minimum Gasteiger partial charge on any atom is -0.497 e. The molecule has 10 heteroatoms. The van der Waals surface area contributed by atoms with Crippen LogP contribution in [-0.2, 0) is 4.79 Å². The van der Waals surface area contributed by atoms with Crippen molar-refractivity contribution in [3.05, 3.63) is 59.9 Å². The normalized spacial score (nSPS) is 15.8. The van der Waals surface area contributed by atoms with Crippen molar-refractivity contribution in [2.75, 3.05) is 38.6 Å². The fourth-order valence-electron chi connectivity index (χ4n) is 3.50. The van der Waals surface area contributed by atoms with Crippen LogP contribution in [0.3, 0.4) is 0 Å². The van der Waals surface area contributed by atoms with Crippen molar-refractivity contribution >= 4 is 23.5 Å². The molecule has 1 aliphatic rings. The topological polar surface area (TPSA) is 117 Å². The molecule has 1 atom stereocenters. The number of amides is 4. The summed E-state index contributed by atoms with van der Waals surface area (Å²) in [6.45, 7) is 0.872. The summed E-state index contributed by atoms with van der Waals surface area (Å²) in [6, 6.07) is 11.4. The first-order valence-corrected chi connectivity index (χ1v) is 10.2. The van der Waals surface area contributed by atoms with Crippen LogP contribution in [0.4, 0.5) is 14.9 Å². The largest absolute Gasteiger partial charge is 0.497 e. The van der Waals surface area contributed by atoms with Crippen molar-refractivity contribution in [3.8, 4) is 5.75 Å². The average molecular weight is 443 g/mol. The standard InChI is InChI=1S/C22H26FN5O4/c1-32-18-8-3-7-17(14-18)26-22(31)28-12-4-11-27(20(28)19(29)25-10-9-24)21(30)15-5-2-6-16(23)13-15/h2-3,5-8,13-14,20H,4,9-12,24H2,1H3,(H,25,29)(H,26,31). The Bertz CT molecular complexity index is 986. The minimum atomic E-state index is -1.21. The third-order valence-electron chi connectivity index (χ3n) is 4.98. The molecule has 0 aliphatic carbocycles. The van der Waals surface area contributed by atoms with Gasteiger partial charge in [0.1, 0.15) is 11.6 Å². The van der Waals surface area contributed by atoms with Gasteiger partial charge in [-0.3, -0.25) is 14.5 Å². The highest BCUT2D eigenvalue weighted by molar-refractivity contribution is 6.00. The Morgan fingerprint density at radius 1 is 1.12 bits per heavy atom. The summed E-state index contributed by atoms with van der Waals surface area (Å²) < 4.78 is 18.8. The second-order valence-electron chi connectivity index (χ2n) is 7.17. The molecule has 32 heavy (non-hydrogen) atoms. The first-order chi connectivity index (χ1) is 15.4. The van der Waals surface area contributed by atoms with E-state index >= 15 is 0 Å². The number of carbonyl (C=O) groups is 3. The molecule has 0 bridgehead atoms. The van der Waals surface area contributed by atoms with Crippen LogP contribution in [0.1, 0.15) is 16.8 Å². The van der Waals surface area contributed by atoms with E-state index in [2.05, 4.69) is 10.6 Å². The molecule has 0 aromatic heterocycles. The number of benzene rings is 2. The lowest BCUT2D eigenvalue weighted by Gasteiger charge is -2.42. The molecular formula is C22H26FN5O4. The van der Waals surface area contributed by atoms with Gasteiger partial charge in [-0.2, -0.15) is 0 Å². The molecule has 2 aromatic rings. The van der Waals surface area contributed by atoms with Crippen LogP contribution < -0.4 is 21.1 Å². The Morgan fingerprint density at radius 2 is 1.88 bits per heavy atom. The predicted octanol–water partition coefficient (Wildman–Crippen LogP) is 1.62. The molecule has 1 heterocycles. The number of rotatable bonds is 6. The van der Waals surface area contributed by atoms with E-state index in [9.17, 15) is 18.8 Å². The number of hydrogen-bond acceptors (Lipinski definition) is 5. The minimum absolute atomic E-state index is 0.0941. The molecule has 1 unspecified atom stereocenters. The van der Waals surface area contributed by atoms with Crippen molar-refractivity contribution in [1.82, 2.24) is 15.1 Å². The Balaban J connectivity index is 1.88. The van der Waals surface area contributed by atoms with Gasteiger partial charge in [0.15, 0.2) is 6.17 Å². The molecule has 4 N–H and O–H groups in total. The summed E-state index contributed by atoms with van der Waals surface area (Å²) in [5.74, 6) is -1.09. The number of nitrogens with zero attached hydrogens (tertiary/aromatic N) is 2. The molecule has 1 aliphatic heterocycles. The maximum absolute atomic E-state index is 13.7. The number of anilines is 1. The van der Waals surface area contributed by atoms with Crippen LogP contribution in [0.2, 0.25) is 0 Å². The second kappa shape index (κ2) is 10.6. The number of methoxy groups -OCH3 is 1. The van der Waals surface area contributed by atoms with E-state index in [1.165, 1.54) is 35.1 Å². The summed E-state index contributed by atoms with van der Waals surface area (Å²) >= 11 is 0. The van der Waals surface area contributed by atoms with Crippen molar-refractivity contribution in [1.29, 1.82) is 0 Å². The maximum Gasteiger partial charge on any atom is 0.323 e. The number of nitrogens with one attached hydrogen (secondary N) is 2. The van der Waals surface area contributed by atoms with Crippen molar-refractivity contribution in [2.45, 2.75) is 12.6 Å². The van der Waals surface area contributed by atoms with Gasteiger partial charge in [0.05, 0.1) is 7.11 Å². The van der Waals surface area contributed by atoms with E-state index in [4.69, 9.17) is 10.5 Å². The molecule has 9 nitrogen and oxygen atoms in total. The van der Waals surface area contributed by atoms with Gasteiger partial charge >= 0.3 is 6.03 Å². The van der Waals surface area contributed by atoms with Gasteiger partial charge in [-0.15, -0.1) is 0 Å². The monoisotopic (exact) mass is 443 g/mol. The van der Waals surface area contributed by atoms with E-state index < -0.39 is 29.8 Å². The SMILES string of the molecule is COc1cccc(NC(=O)N2CCCN(C(=O)c3cccc(F)c3)C2C(=O)NCCN)c1. The summed E-state index contributed by atoms with van der Waals surface area (Å²) in [5.41, 5.74) is 6.06.